The van der Waals surface area contributed by atoms with Crippen LogP contribution in [-0.4, -0.2) is 42.5 Å². The minimum absolute atomic E-state index is 0.0839. The number of nitrogens with one attached hydrogen (secondary N) is 2. The molecule has 1 atom stereocenters. The van der Waals surface area contributed by atoms with E-state index in [1.807, 2.05) is 35.2 Å². The molecular weight excluding hydrogens is 314 g/mol. The van der Waals surface area contributed by atoms with Gasteiger partial charge in [-0.25, -0.2) is 4.79 Å². The van der Waals surface area contributed by atoms with Crippen LogP contribution in [0.5, 0.6) is 0 Å². The minimum Gasteiger partial charge on any atom is -0.339 e. The Hall–Kier alpha value is -2.30. The van der Waals surface area contributed by atoms with Crippen LogP contribution in [0.4, 0.5) is 4.79 Å². The summed E-state index contributed by atoms with van der Waals surface area (Å²) in [6.45, 7) is 2.19. The zero-order valence-corrected chi connectivity index (χ0v) is 14.6. The summed E-state index contributed by atoms with van der Waals surface area (Å²) in [5, 5.41) is 5.99. The molecule has 5 nitrogen and oxygen atoms in total. The van der Waals surface area contributed by atoms with E-state index in [1.54, 1.807) is 0 Å². The van der Waals surface area contributed by atoms with Gasteiger partial charge in [0, 0.05) is 31.2 Å². The molecule has 3 amide bonds. The highest BCUT2D eigenvalue weighted by atomic mass is 16.2. The molecule has 0 unspecified atom stereocenters. The molecule has 1 saturated heterocycles. The molecule has 1 aliphatic heterocycles. The summed E-state index contributed by atoms with van der Waals surface area (Å²) in [7, 11) is 0. The third-order valence-electron chi connectivity index (χ3n) is 5.04. The maximum absolute atomic E-state index is 12.4. The number of hydrogen-bond acceptors (Lipinski definition) is 2. The van der Waals surface area contributed by atoms with Crippen molar-refractivity contribution >= 4 is 11.9 Å². The number of carbonyl (C=O) groups is 2. The first-order chi connectivity index (χ1) is 12.2. The number of piperidine rings is 1. The molecule has 2 N–H and O–H groups in total. The lowest BCUT2D eigenvalue weighted by Gasteiger charge is -2.32. The van der Waals surface area contributed by atoms with E-state index >= 15 is 0 Å². The zero-order valence-electron chi connectivity index (χ0n) is 14.6. The van der Waals surface area contributed by atoms with Crippen molar-refractivity contribution in [2.24, 2.45) is 5.92 Å². The summed E-state index contributed by atoms with van der Waals surface area (Å²) in [6, 6.07) is 9.51. The van der Waals surface area contributed by atoms with Gasteiger partial charge in [-0.1, -0.05) is 30.4 Å². The largest absolute Gasteiger partial charge is 0.339 e. The van der Waals surface area contributed by atoms with Crippen molar-refractivity contribution in [1.82, 2.24) is 15.5 Å². The Kier molecular flexibility index (Phi) is 6.09. The molecule has 0 spiro atoms. The molecular formula is C20H27N3O2. The van der Waals surface area contributed by atoms with Crippen LogP contribution in [0.3, 0.4) is 0 Å². The quantitative estimate of drug-likeness (QED) is 0.827. The van der Waals surface area contributed by atoms with Crippen LogP contribution >= 0.6 is 0 Å². The average Bonchev–Trinajstić information content (AvgIpc) is 2.68. The van der Waals surface area contributed by atoms with Crippen molar-refractivity contribution in [3.8, 4) is 0 Å². The molecule has 5 heteroatoms. The molecule has 0 radical (unpaired) electrons. The molecule has 1 fully saturated rings. The van der Waals surface area contributed by atoms with Crippen LogP contribution in [0.25, 0.3) is 0 Å². The molecule has 0 aromatic heterocycles. The van der Waals surface area contributed by atoms with Gasteiger partial charge >= 0.3 is 6.03 Å². The highest BCUT2D eigenvalue weighted by Gasteiger charge is 2.24. The number of carbonyl (C=O) groups excluding carboxylic acids is 2. The Morgan fingerprint density at radius 2 is 1.84 bits per heavy atom. The topological polar surface area (TPSA) is 61.4 Å². The highest BCUT2D eigenvalue weighted by Crippen LogP contribution is 2.18. The molecule has 1 heterocycles. The summed E-state index contributed by atoms with van der Waals surface area (Å²) in [5.74, 6) is 0.543. The van der Waals surface area contributed by atoms with Crippen LogP contribution in [0.15, 0.2) is 42.5 Å². The van der Waals surface area contributed by atoms with Crippen LogP contribution < -0.4 is 10.6 Å². The second kappa shape index (κ2) is 8.70. The number of amides is 3. The average molecular weight is 341 g/mol. The Morgan fingerprint density at radius 1 is 1.08 bits per heavy atom. The normalized spacial score (nSPS) is 21.0. The van der Waals surface area contributed by atoms with E-state index in [0.717, 1.165) is 50.8 Å². The number of likely N-dealkylation sites (tertiary alicyclic amines) is 1. The molecule has 0 bridgehead atoms. The summed E-state index contributed by atoms with van der Waals surface area (Å²) in [4.78, 5) is 26.3. The van der Waals surface area contributed by atoms with Gasteiger partial charge in [-0.3, -0.25) is 4.79 Å². The third-order valence-corrected chi connectivity index (χ3v) is 5.04. The van der Waals surface area contributed by atoms with Gasteiger partial charge in [0.05, 0.1) is 0 Å². The Morgan fingerprint density at radius 3 is 2.52 bits per heavy atom. The van der Waals surface area contributed by atoms with E-state index < -0.39 is 0 Å². The predicted molar refractivity (Wildman–Crippen MR) is 98.4 cm³/mol. The van der Waals surface area contributed by atoms with Gasteiger partial charge in [-0.05, 0) is 50.2 Å². The van der Waals surface area contributed by atoms with Crippen molar-refractivity contribution < 1.29 is 9.59 Å². The Bertz CT molecular complexity index is 607. The smallest absolute Gasteiger partial charge is 0.315 e. The fraction of sp³-hybridized carbons (Fsp3) is 0.500. The lowest BCUT2D eigenvalue weighted by Crippen LogP contribution is -2.45. The Balaban J connectivity index is 1.37. The van der Waals surface area contributed by atoms with E-state index in [2.05, 4.69) is 22.8 Å². The first-order valence-corrected chi connectivity index (χ1v) is 9.28. The van der Waals surface area contributed by atoms with Crippen molar-refractivity contribution in [2.75, 3.05) is 19.6 Å². The molecule has 1 aromatic carbocycles. The maximum Gasteiger partial charge on any atom is 0.315 e. The monoisotopic (exact) mass is 341 g/mol. The molecule has 25 heavy (non-hydrogen) atoms. The lowest BCUT2D eigenvalue weighted by atomic mass is 9.96. The van der Waals surface area contributed by atoms with E-state index in [4.69, 9.17) is 0 Å². The SMILES string of the molecule is O=C(NCC1CCN(C(=O)c2ccccc2)CC1)N[C@H]1C=CCCC1. The van der Waals surface area contributed by atoms with E-state index in [-0.39, 0.29) is 18.0 Å². The summed E-state index contributed by atoms with van der Waals surface area (Å²) < 4.78 is 0. The van der Waals surface area contributed by atoms with Crippen LogP contribution in [0.1, 0.15) is 42.5 Å². The molecule has 1 aromatic rings. The van der Waals surface area contributed by atoms with Crippen molar-refractivity contribution in [2.45, 2.75) is 38.1 Å². The van der Waals surface area contributed by atoms with Gasteiger partial charge in [0.15, 0.2) is 0 Å². The number of hydrogen-bond donors (Lipinski definition) is 2. The van der Waals surface area contributed by atoms with E-state index in [0.29, 0.717) is 12.5 Å². The van der Waals surface area contributed by atoms with Gasteiger partial charge in [0.2, 0.25) is 0 Å². The van der Waals surface area contributed by atoms with Crippen LogP contribution in [0, 0.1) is 5.92 Å². The van der Waals surface area contributed by atoms with Gasteiger partial charge in [-0.15, -0.1) is 0 Å². The fourth-order valence-electron chi connectivity index (χ4n) is 3.49. The molecule has 0 saturated carbocycles. The second-order valence-corrected chi connectivity index (χ2v) is 6.92. The number of nitrogens with zero attached hydrogens (tertiary/aromatic N) is 1. The summed E-state index contributed by atoms with van der Waals surface area (Å²) in [6.07, 6.45) is 9.34. The minimum atomic E-state index is -0.0839. The predicted octanol–water partition coefficient (Wildman–Crippen LogP) is 2.95. The number of urea groups is 1. The van der Waals surface area contributed by atoms with E-state index in [1.165, 1.54) is 0 Å². The lowest BCUT2D eigenvalue weighted by molar-refractivity contribution is 0.0690. The first-order valence-electron chi connectivity index (χ1n) is 9.28. The van der Waals surface area contributed by atoms with Gasteiger partial charge < -0.3 is 15.5 Å². The summed E-state index contributed by atoms with van der Waals surface area (Å²) >= 11 is 0. The second-order valence-electron chi connectivity index (χ2n) is 6.92. The number of rotatable bonds is 4. The third kappa shape index (κ3) is 5.08. The van der Waals surface area contributed by atoms with Gasteiger partial charge in [-0.2, -0.15) is 0 Å². The van der Waals surface area contributed by atoms with Crippen molar-refractivity contribution in [3.05, 3.63) is 48.0 Å². The molecule has 134 valence electrons. The summed E-state index contributed by atoms with van der Waals surface area (Å²) in [5.41, 5.74) is 0.749. The number of allylic oxidation sites excluding steroid dienone is 1. The van der Waals surface area contributed by atoms with Crippen LogP contribution in [0.2, 0.25) is 0 Å². The van der Waals surface area contributed by atoms with Gasteiger partial charge in [0.1, 0.15) is 0 Å². The standard InChI is InChI=1S/C20H27N3O2/c24-19(17-7-3-1-4-8-17)23-13-11-16(12-14-23)15-21-20(25)22-18-9-5-2-6-10-18/h1,3-5,7-9,16,18H,2,6,10-15H2,(H2,21,22,25)/t18-/m0/s1. The number of benzene rings is 1. The van der Waals surface area contributed by atoms with E-state index in [9.17, 15) is 9.59 Å². The maximum atomic E-state index is 12.4. The van der Waals surface area contributed by atoms with Crippen molar-refractivity contribution in [1.29, 1.82) is 0 Å². The highest BCUT2D eigenvalue weighted by molar-refractivity contribution is 5.94. The molecule has 3 rings (SSSR count). The fourth-order valence-corrected chi connectivity index (χ4v) is 3.49. The first kappa shape index (κ1) is 17.5. The van der Waals surface area contributed by atoms with Gasteiger partial charge in [0.25, 0.3) is 5.91 Å². The zero-order chi connectivity index (χ0) is 17.5. The molecule has 2 aliphatic rings. The van der Waals surface area contributed by atoms with Crippen molar-refractivity contribution in [3.63, 3.8) is 0 Å². The van der Waals surface area contributed by atoms with Crippen LogP contribution in [-0.2, 0) is 0 Å². The molecule has 1 aliphatic carbocycles. The Labute approximate surface area is 149 Å².